The lowest BCUT2D eigenvalue weighted by molar-refractivity contribution is -0.112. The summed E-state index contributed by atoms with van der Waals surface area (Å²) in [5.74, 6) is -0.0855. The Morgan fingerprint density at radius 2 is 1.60 bits per heavy atom. The summed E-state index contributed by atoms with van der Waals surface area (Å²) in [7, 11) is -3.78. The lowest BCUT2D eigenvalue weighted by Gasteiger charge is -2.29. The highest BCUT2D eigenvalue weighted by atomic mass is 35.5. The summed E-state index contributed by atoms with van der Waals surface area (Å²) in [6.45, 7) is 0.558. The summed E-state index contributed by atoms with van der Waals surface area (Å²) in [6, 6.07) is 2.69. The minimum absolute atomic E-state index is 0.0000100. The van der Waals surface area contributed by atoms with Gasteiger partial charge in [-0.15, -0.1) is 0 Å². The van der Waals surface area contributed by atoms with E-state index in [0.717, 1.165) is 6.29 Å². The Labute approximate surface area is 132 Å². The topological polar surface area (TPSA) is 54.5 Å². The SMILES string of the molecule is O=CC1CCN(S(=O)(=O)c2c(Cl)cc(Cl)cc2Cl)CC1. The van der Waals surface area contributed by atoms with E-state index in [-0.39, 0.29) is 39.0 Å². The molecule has 8 heteroatoms. The predicted molar refractivity (Wildman–Crippen MR) is 79.0 cm³/mol. The van der Waals surface area contributed by atoms with Crippen LogP contribution < -0.4 is 0 Å². The molecule has 1 aliphatic heterocycles. The van der Waals surface area contributed by atoms with Crippen LogP contribution in [0.3, 0.4) is 0 Å². The minimum Gasteiger partial charge on any atom is -0.303 e. The van der Waals surface area contributed by atoms with Gasteiger partial charge in [0, 0.05) is 24.0 Å². The summed E-state index contributed by atoms with van der Waals surface area (Å²) in [5, 5.41) is 0.277. The van der Waals surface area contributed by atoms with Gasteiger partial charge in [0.15, 0.2) is 0 Å². The lowest BCUT2D eigenvalue weighted by Crippen LogP contribution is -2.39. The fourth-order valence-corrected chi connectivity index (χ4v) is 5.12. The molecule has 0 bridgehead atoms. The molecule has 1 heterocycles. The van der Waals surface area contributed by atoms with Gasteiger partial charge in [0.1, 0.15) is 11.2 Å². The molecule has 0 aromatic heterocycles. The van der Waals surface area contributed by atoms with Crippen LogP contribution in [0.1, 0.15) is 12.8 Å². The van der Waals surface area contributed by atoms with Crippen LogP contribution in [0.25, 0.3) is 0 Å². The van der Waals surface area contributed by atoms with Crippen LogP contribution in [0.4, 0.5) is 0 Å². The number of hydrogen-bond acceptors (Lipinski definition) is 3. The Morgan fingerprint density at radius 1 is 1.10 bits per heavy atom. The summed E-state index contributed by atoms with van der Waals surface area (Å²) in [6.07, 6.45) is 1.88. The van der Waals surface area contributed by atoms with E-state index < -0.39 is 10.0 Å². The lowest BCUT2D eigenvalue weighted by atomic mass is 10.0. The molecule has 0 amide bonds. The van der Waals surface area contributed by atoms with Crippen molar-refractivity contribution in [3.8, 4) is 0 Å². The Kier molecular flexibility index (Phi) is 4.97. The number of aldehydes is 1. The largest absolute Gasteiger partial charge is 0.303 e. The van der Waals surface area contributed by atoms with Crippen LogP contribution in [-0.4, -0.2) is 32.1 Å². The van der Waals surface area contributed by atoms with E-state index in [2.05, 4.69) is 0 Å². The number of carbonyl (C=O) groups excluding carboxylic acids is 1. The number of sulfonamides is 1. The molecule has 1 aromatic carbocycles. The van der Waals surface area contributed by atoms with Gasteiger partial charge in [0.2, 0.25) is 10.0 Å². The molecular weight excluding hydrogens is 345 g/mol. The molecule has 0 spiro atoms. The van der Waals surface area contributed by atoms with Gasteiger partial charge >= 0.3 is 0 Å². The van der Waals surface area contributed by atoms with Crippen LogP contribution >= 0.6 is 34.8 Å². The molecule has 0 N–H and O–H groups in total. The normalized spacial score (nSPS) is 18.1. The Balaban J connectivity index is 2.35. The van der Waals surface area contributed by atoms with Gasteiger partial charge in [-0.1, -0.05) is 34.8 Å². The van der Waals surface area contributed by atoms with Crippen LogP contribution in [0.15, 0.2) is 17.0 Å². The Morgan fingerprint density at radius 3 is 2.05 bits per heavy atom. The first kappa shape index (κ1) is 16.0. The summed E-state index contributed by atoms with van der Waals surface area (Å²) < 4.78 is 26.4. The molecule has 1 saturated heterocycles. The third-order valence-electron chi connectivity index (χ3n) is 3.25. The molecule has 0 aliphatic carbocycles. The average Bonchev–Trinajstić information content (AvgIpc) is 2.37. The van der Waals surface area contributed by atoms with E-state index in [0.29, 0.717) is 12.8 Å². The Hall–Kier alpha value is -0.330. The van der Waals surface area contributed by atoms with E-state index in [1.54, 1.807) is 0 Å². The highest BCUT2D eigenvalue weighted by Crippen LogP contribution is 2.35. The van der Waals surface area contributed by atoms with Crippen LogP contribution in [-0.2, 0) is 14.8 Å². The maximum Gasteiger partial charge on any atom is 0.246 e. The number of hydrogen-bond donors (Lipinski definition) is 0. The van der Waals surface area contributed by atoms with Crippen molar-refractivity contribution in [2.24, 2.45) is 5.92 Å². The van der Waals surface area contributed by atoms with Crippen LogP contribution in [0.2, 0.25) is 15.1 Å². The van der Waals surface area contributed by atoms with Crippen LogP contribution in [0.5, 0.6) is 0 Å². The number of benzene rings is 1. The maximum absolute atomic E-state index is 12.6. The standard InChI is InChI=1S/C12H12Cl3NO3S/c13-9-5-10(14)12(11(15)6-9)20(18,19)16-3-1-8(7-17)2-4-16/h5-8H,1-4H2. The smallest absolute Gasteiger partial charge is 0.246 e. The van der Waals surface area contributed by atoms with Gasteiger partial charge in [0.25, 0.3) is 0 Å². The monoisotopic (exact) mass is 355 g/mol. The van der Waals surface area contributed by atoms with Crippen molar-refractivity contribution in [1.82, 2.24) is 4.31 Å². The molecule has 1 fully saturated rings. The van der Waals surface area contributed by atoms with Crippen molar-refractivity contribution in [2.45, 2.75) is 17.7 Å². The first-order valence-electron chi connectivity index (χ1n) is 5.96. The van der Waals surface area contributed by atoms with Crippen molar-refractivity contribution in [1.29, 1.82) is 0 Å². The molecular formula is C12H12Cl3NO3S. The molecule has 0 unspecified atom stereocenters. The second-order valence-corrected chi connectivity index (χ2v) is 7.70. The molecule has 2 rings (SSSR count). The molecule has 4 nitrogen and oxygen atoms in total. The Bertz CT molecular complexity index is 602. The molecule has 0 saturated carbocycles. The van der Waals surface area contributed by atoms with E-state index >= 15 is 0 Å². The number of carbonyl (C=O) groups is 1. The van der Waals surface area contributed by atoms with Crippen molar-refractivity contribution in [2.75, 3.05) is 13.1 Å². The number of rotatable bonds is 3. The summed E-state index contributed by atoms with van der Waals surface area (Å²) >= 11 is 17.7. The zero-order chi connectivity index (χ0) is 14.9. The molecule has 20 heavy (non-hydrogen) atoms. The van der Waals surface area contributed by atoms with Crippen molar-refractivity contribution in [3.63, 3.8) is 0 Å². The maximum atomic E-state index is 12.6. The van der Waals surface area contributed by atoms with Gasteiger partial charge in [-0.3, -0.25) is 0 Å². The van der Waals surface area contributed by atoms with Gasteiger partial charge < -0.3 is 4.79 Å². The predicted octanol–water partition coefficient (Wildman–Crippen LogP) is 3.25. The summed E-state index contributed by atoms with van der Waals surface area (Å²) in [5.41, 5.74) is 0. The molecule has 1 aliphatic rings. The van der Waals surface area contributed by atoms with Gasteiger partial charge in [-0.05, 0) is 25.0 Å². The highest BCUT2D eigenvalue weighted by Gasteiger charge is 2.32. The zero-order valence-electron chi connectivity index (χ0n) is 10.4. The van der Waals surface area contributed by atoms with E-state index in [4.69, 9.17) is 34.8 Å². The van der Waals surface area contributed by atoms with E-state index in [1.807, 2.05) is 0 Å². The third-order valence-corrected chi connectivity index (χ3v) is 6.29. The molecule has 110 valence electrons. The van der Waals surface area contributed by atoms with Crippen molar-refractivity contribution >= 4 is 51.1 Å². The van der Waals surface area contributed by atoms with Crippen molar-refractivity contribution < 1.29 is 13.2 Å². The van der Waals surface area contributed by atoms with Crippen LogP contribution in [0, 0.1) is 5.92 Å². The minimum atomic E-state index is -3.78. The average molecular weight is 357 g/mol. The van der Waals surface area contributed by atoms with E-state index in [1.165, 1.54) is 16.4 Å². The number of nitrogens with zero attached hydrogens (tertiary/aromatic N) is 1. The fraction of sp³-hybridized carbons (Fsp3) is 0.417. The fourth-order valence-electron chi connectivity index (χ4n) is 2.16. The molecule has 0 atom stereocenters. The second-order valence-electron chi connectivity index (χ2n) is 4.58. The first-order valence-corrected chi connectivity index (χ1v) is 8.53. The molecule has 0 radical (unpaired) electrons. The molecule has 1 aromatic rings. The number of piperidine rings is 1. The van der Waals surface area contributed by atoms with Gasteiger partial charge in [-0.2, -0.15) is 4.31 Å². The highest BCUT2D eigenvalue weighted by molar-refractivity contribution is 7.89. The quantitative estimate of drug-likeness (QED) is 0.781. The summed E-state index contributed by atoms with van der Waals surface area (Å²) in [4.78, 5) is 10.6. The first-order chi connectivity index (χ1) is 9.36. The zero-order valence-corrected chi connectivity index (χ0v) is 13.4. The van der Waals surface area contributed by atoms with E-state index in [9.17, 15) is 13.2 Å². The third kappa shape index (κ3) is 3.12. The van der Waals surface area contributed by atoms with Crippen molar-refractivity contribution in [3.05, 3.63) is 27.2 Å². The van der Waals surface area contributed by atoms with Gasteiger partial charge in [-0.25, -0.2) is 8.42 Å². The second kappa shape index (κ2) is 6.20. The van der Waals surface area contributed by atoms with Gasteiger partial charge in [0.05, 0.1) is 10.0 Å². The number of halogens is 3.